The fraction of sp³-hybridized carbons (Fsp3) is 0.500. The Morgan fingerprint density at radius 3 is 2.51 bits per heavy atom. The lowest BCUT2D eigenvalue weighted by Gasteiger charge is -2.49. The lowest BCUT2D eigenvalue weighted by Crippen LogP contribution is -2.69. The summed E-state index contributed by atoms with van der Waals surface area (Å²) in [7, 11) is 0. The summed E-state index contributed by atoms with van der Waals surface area (Å²) in [6.07, 6.45) is -1.86. The third kappa shape index (κ3) is 4.05. The van der Waals surface area contributed by atoms with Crippen molar-refractivity contribution in [3.63, 3.8) is 0 Å². The van der Waals surface area contributed by atoms with Crippen LogP contribution < -0.4 is 4.90 Å². The number of hydrogen-bond acceptors (Lipinski definition) is 7. The van der Waals surface area contributed by atoms with Crippen molar-refractivity contribution in [2.24, 2.45) is 0 Å². The van der Waals surface area contributed by atoms with Gasteiger partial charge in [-0.25, -0.2) is 14.4 Å². The summed E-state index contributed by atoms with van der Waals surface area (Å²) in [5.74, 6) is 1.22. The van der Waals surface area contributed by atoms with E-state index in [0.717, 1.165) is 5.69 Å². The molecule has 0 atom stereocenters. The van der Waals surface area contributed by atoms with Crippen molar-refractivity contribution in [2.45, 2.75) is 50.5 Å². The maximum atomic E-state index is 14.2. The van der Waals surface area contributed by atoms with Crippen LogP contribution in [-0.2, 0) is 17.8 Å². The Hall–Kier alpha value is -2.83. The van der Waals surface area contributed by atoms with Crippen molar-refractivity contribution in [2.75, 3.05) is 31.2 Å². The number of rotatable bonds is 3. The Morgan fingerprint density at radius 1 is 1.11 bits per heavy atom. The van der Waals surface area contributed by atoms with Crippen LogP contribution in [0.5, 0.6) is 0 Å². The second-order valence-electron chi connectivity index (χ2n) is 9.83. The van der Waals surface area contributed by atoms with E-state index in [1.165, 1.54) is 11.1 Å². The van der Waals surface area contributed by atoms with Crippen molar-refractivity contribution in [1.82, 2.24) is 29.6 Å². The van der Waals surface area contributed by atoms with Gasteiger partial charge in [-0.2, -0.15) is 13.2 Å². The lowest BCUT2D eigenvalue weighted by atomic mass is 9.93. The molecule has 0 aliphatic carbocycles. The maximum Gasteiger partial charge on any atom is 0.411 e. The Kier molecular flexibility index (Phi) is 5.88. The molecule has 13 heteroatoms. The summed E-state index contributed by atoms with van der Waals surface area (Å²) < 4.78 is 63.1. The number of nitrogens with zero attached hydrogens (tertiary/aromatic N) is 7. The van der Waals surface area contributed by atoms with Crippen LogP contribution in [-0.4, -0.2) is 67.7 Å². The van der Waals surface area contributed by atoms with Crippen molar-refractivity contribution < 1.29 is 22.3 Å². The van der Waals surface area contributed by atoms with Gasteiger partial charge in [0.1, 0.15) is 5.82 Å². The highest BCUT2D eigenvalue weighted by Crippen LogP contribution is 2.44. The highest BCUT2D eigenvalue weighted by molar-refractivity contribution is 6.30. The van der Waals surface area contributed by atoms with Gasteiger partial charge in [0, 0.05) is 30.6 Å². The first-order chi connectivity index (χ1) is 17.7. The molecule has 5 heterocycles. The third-order valence-corrected chi connectivity index (χ3v) is 7.83. The summed E-state index contributed by atoms with van der Waals surface area (Å²) in [6, 6.07) is 5.26. The molecule has 0 saturated carbocycles. The molecule has 2 aromatic heterocycles. The second kappa shape index (κ2) is 8.88. The first kappa shape index (κ1) is 24.5. The fourth-order valence-corrected chi connectivity index (χ4v) is 5.54. The summed E-state index contributed by atoms with van der Waals surface area (Å²) in [5.41, 5.74) is -0.370. The standard InChI is InChI=1S/C24H24ClF4N7O/c1-14-18(26)9-30-22(31-14)34-6-4-15(5-7-34)21-33-32-20-11-35(23(12-37-13-23)24(27,28)29)10-16-8-17(25)2-3-19(16)36(20)21/h2-3,8-9,15H,4-7,10-13H2,1H3. The van der Waals surface area contributed by atoms with E-state index in [0.29, 0.717) is 59.8 Å². The summed E-state index contributed by atoms with van der Waals surface area (Å²) in [5, 5.41) is 9.29. The van der Waals surface area contributed by atoms with Gasteiger partial charge in [0.05, 0.1) is 37.3 Å². The molecule has 3 aliphatic heterocycles. The molecule has 0 bridgehead atoms. The molecule has 196 valence electrons. The average molecular weight is 538 g/mol. The van der Waals surface area contributed by atoms with Gasteiger partial charge in [-0.1, -0.05) is 11.6 Å². The highest BCUT2D eigenvalue weighted by atomic mass is 35.5. The molecule has 0 N–H and O–H groups in total. The molecule has 0 unspecified atom stereocenters. The molecule has 2 fully saturated rings. The lowest BCUT2D eigenvalue weighted by molar-refractivity contribution is -0.310. The number of halogens is 5. The molecule has 0 radical (unpaired) electrons. The SMILES string of the molecule is Cc1nc(N2CCC(c3nnc4n3-c3ccc(Cl)cc3CN(C3(C(F)(F)F)COC3)C4)CC2)ncc1F. The predicted molar refractivity (Wildman–Crippen MR) is 126 cm³/mol. The van der Waals surface area contributed by atoms with Crippen molar-refractivity contribution in [3.05, 3.63) is 58.1 Å². The van der Waals surface area contributed by atoms with Crippen LogP contribution in [0, 0.1) is 12.7 Å². The fourth-order valence-electron chi connectivity index (χ4n) is 5.34. The molecule has 1 aromatic carbocycles. The molecular formula is C24H24ClF4N7O. The molecular weight excluding hydrogens is 514 g/mol. The number of alkyl halides is 3. The minimum atomic E-state index is -4.46. The number of hydrogen-bond donors (Lipinski definition) is 0. The van der Waals surface area contributed by atoms with Gasteiger partial charge >= 0.3 is 6.18 Å². The Balaban J connectivity index is 1.32. The zero-order valence-corrected chi connectivity index (χ0v) is 20.7. The van der Waals surface area contributed by atoms with Crippen LogP contribution in [0.1, 0.15) is 41.7 Å². The minimum absolute atomic E-state index is 0.0241. The van der Waals surface area contributed by atoms with Gasteiger partial charge in [0.15, 0.2) is 17.2 Å². The topological polar surface area (TPSA) is 72.2 Å². The monoisotopic (exact) mass is 537 g/mol. The van der Waals surface area contributed by atoms with Crippen LogP contribution in [0.2, 0.25) is 5.02 Å². The normalized spacial score (nSPS) is 20.2. The van der Waals surface area contributed by atoms with Crippen LogP contribution in [0.25, 0.3) is 5.69 Å². The van der Waals surface area contributed by atoms with Gasteiger partial charge in [-0.15, -0.1) is 10.2 Å². The van der Waals surface area contributed by atoms with E-state index in [9.17, 15) is 17.6 Å². The van der Waals surface area contributed by atoms with Crippen molar-refractivity contribution in [1.29, 1.82) is 0 Å². The third-order valence-electron chi connectivity index (χ3n) is 7.60. The number of aryl methyl sites for hydroxylation is 1. The van der Waals surface area contributed by atoms with Gasteiger partial charge < -0.3 is 9.64 Å². The summed E-state index contributed by atoms with van der Waals surface area (Å²) >= 11 is 6.27. The Labute approximate surface area is 215 Å². The smallest absolute Gasteiger partial charge is 0.377 e. The number of ether oxygens (including phenoxy) is 1. The number of aromatic nitrogens is 5. The summed E-state index contributed by atoms with van der Waals surface area (Å²) in [4.78, 5) is 11.8. The quantitative estimate of drug-likeness (QED) is 0.464. The van der Waals surface area contributed by atoms with Gasteiger partial charge in [0.2, 0.25) is 5.95 Å². The number of anilines is 1. The van der Waals surface area contributed by atoms with Crippen molar-refractivity contribution in [3.8, 4) is 5.69 Å². The predicted octanol–water partition coefficient (Wildman–Crippen LogP) is 4.19. The van der Waals surface area contributed by atoms with Crippen LogP contribution in [0.3, 0.4) is 0 Å². The van der Waals surface area contributed by atoms with E-state index in [1.807, 2.05) is 15.5 Å². The molecule has 3 aliphatic rings. The zero-order chi connectivity index (χ0) is 25.9. The minimum Gasteiger partial charge on any atom is -0.377 e. The molecule has 6 rings (SSSR count). The largest absolute Gasteiger partial charge is 0.411 e. The van der Waals surface area contributed by atoms with Gasteiger partial charge in [-0.05, 0) is 43.5 Å². The van der Waals surface area contributed by atoms with Crippen LogP contribution >= 0.6 is 11.6 Å². The van der Waals surface area contributed by atoms with Crippen LogP contribution in [0.15, 0.2) is 24.4 Å². The molecule has 2 saturated heterocycles. The highest BCUT2D eigenvalue weighted by Gasteiger charge is 2.63. The number of piperidine rings is 1. The van der Waals surface area contributed by atoms with E-state index in [-0.39, 0.29) is 19.0 Å². The maximum absolute atomic E-state index is 14.2. The second-order valence-corrected chi connectivity index (χ2v) is 10.3. The zero-order valence-electron chi connectivity index (χ0n) is 20.0. The van der Waals surface area contributed by atoms with E-state index in [1.54, 1.807) is 19.1 Å². The van der Waals surface area contributed by atoms with E-state index < -0.39 is 30.7 Å². The first-order valence-electron chi connectivity index (χ1n) is 12.0. The van der Waals surface area contributed by atoms with E-state index >= 15 is 0 Å². The molecule has 37 heavy (non-hydrogen) atoms. The van der Waals surface area contributed by atoms with Crippen LogP contribution in [0.4, 0.5) is 23.5 Å². The van der Waals surface area contributed by atoms with E-state index in [4.69, 9.17) is 16.3 Å². The molecule has 0 amide bonds. The molecule has 8 nitrogen and oxygen atoms in total. The average Bonchev–Trinajstić information content (AvgIpc) is 3.15. The van der Waals surface area contributed by atoms with Crippen molar-refractivity contribution >= 4 is 17.5 Å². The summed E-state index contributed by atoms with van der Waals surface area (Å²) in [6.45, 7) is 2.06. The Morgan fingerprint density at radius 2 is 1.86 bits per heavy atom. The molecule has 3 aromatic rings. The Bertz CT molecular complexity index is 1340. The van der Waals surface area contributed by atoms with E-state index in [2.05, 4.69) is 20.2 Å². The first-order valence-corrected chi connectivity index (χ1v) is 12.4. The van der Waals surface area contributed by atoms with Gasteiger partial charge in [-0.3, -0.25) is 9.47 Å². The number of benzene rings is 1. The van der Waals surface area contributed by atoms with Gasteiger partial charge in [0.25, 0.3) is 0 Å². The number of fused-ring (bicyclic) bond motifs is 3. The molecule has 0 spiro atoms.